The lowest BCUT2D eigenvalue weighted by Crippen LogP contribution is -2.31. The molecule has 0 nitrogen and oxygen atoms in total. The van der Waals surface area contributed by atoms with Crippen LogP contribution in [0.4, 0.5) is 0 Å². The average molecular weight is 337 g/mol. The minimum absolute atomic E-state index is 0.333. The summed E-state index contributed by atoms with van der Waals surface area (Å²) in [6.07, 6.45) is 5.51. The molecule has 0 heterocycles. The Morgan fingerprint density at radius 2 is 1.55 bits per heavy atom. The molecule has 1 aromatic rings. The van der Waals surface area contributed by atoms with Crippen LogP contribution in [0, 0.1) is 16.7 Å². The van der Waals surface area contributed by atoms with E-state index < -0.39 is 0 Å². The van der Waals surface area contributed by atoms with E-state index in [-0.39, 0.29) is 0 Å². The highest BCUT2D eigenvalue weighted by Crippen LogP contribution is 2.49. The monoisotopic (exact) mass is 336 g/mol. The van der Waals surface area contributed by atoms with Crippen LogP contribution in [0.1, 0.15) is 71.8 Å². The van der Waals surface area contributed by atoms with E-state index in [2.05, 4.69) is 74.8 Å². The van der Waals surface area contributed by atoms with Gasteiger partial charge in [0.25, 0.3) is 0 Å². The fourth-order valence-corrected chi connectivity index (χ4v) is 4.17. The number of halogens is 1. The normalized spacial score (nSPS) is 21.7. The van der Waals surface area contributed by atoms with Gasteiger partial charge in [0.1, 0.15) is 0 Å². The molecule has 0 saturated heterocycles. The lowest BCUT2D eigenvalue weighted by atomic mass is 9.62. The van der Waals surface area contributed by atoms with Crippen LogP contribution in [0.3, 0.4) is 0 Å². The molecule has 1 atom stereocenters. The molecule has 0 aliphatic heterocycles. The largest absolute Gasteiger partial charge is 0.0599 e. The molecule has 20 heavy (non-hydrogen) atoms. The fourth-order valence-electron chi connectivity index (χ4n) is 3.90. The second-order valence-corrected chi connectivity index (χ2v) is 9.31. The summed E-state index contributed by atoms with van der Waals surface area (Å²) in [7, 11) is 0. The average Bonchev–Trinajstić information content (AvgIpc) is 2.32. The number of hydrogen-bond donors (Lipinski definition) is 0. The molecule has 1 aliphatic carbocycles. The van der Waals surface area contributed by atoms with Crippen molar-refractivity contribution in [3.05, 3.63) is 34.3 Å². The zero-order valence-electron chi connectivity index (χ0n) is 13.7. The summed E-state index contributed by atoms with van der Waals surface area (Å²) < 4.78 is 1.18. The molecule has 0 spiro atoms. The highest BCUT2D eigenvalue weighted by Gasteiger charge is 2.37. The second kappa shape index (κ2) is 5.83. The third-order valence-electron chi connectivity index (χ3n) is 5.02. The first-order valence-corrected chi connectivity index (χ1v) is 8.74. The predicted molar refractivity (Wildman–Crippen MR) is 92.1 cm³/mol. The summed E-state index contributed by atoms with van der Waals surface area (Å²) in [5, 5.41) is 0. The van der Waals surface area contributed by atoms with E-state index in [1.165, 1.54) is 35.7 Å². The third-order valence-corrected chi connectivity index (χ3v) is 5.55. The van der Waals surface area contributed by atoms with Gasteiger partial charge in [0.15, 0.2) is 0 Å². The van der Waals surface area contributed by atoms with Gasteiger partial charge in [-0.1, -0.05) is 62.7 Å². The molecule has 2 rings (SSSR count). The Labute approximate surface area is 133 Å². The van der Waals surface area contributed by atoms with E-state index in [0.717, 1.165) is 5.92 Å². The van der Waals surface area contributed by atoms with Gasteiger partial charge in [-0.2, -0.15) is 0 Å². The van der Waals surface area contributed by atoms with E-state index in [1.54, 1.807) is 0 Å². The van der Waals surface area contributed by atoms with Gasteiger partial charge in [-0.15, -0.1) is 0 Å². The maximum absolute atomic E-state index is 3.56. The summed E-state index contributed by atoms with van der Waals surface area (Å²) >= 11 is 3.56. The molecular formula is C19H29Br. The molecule has 0 aromatic heterocycles. The Morgan fingerprint density at radius 1 is 1.05 bits per heavy atom. The Bertz CT molecular complexity index is 426. The Kier molecular flexibility index (Phi) is 4.69. The molecule has 0 radical (unpaired) electrons. The van der Waals surface area contributed by atoms with Crippen molar-refractivity contribution in [1.29, 1.82) is 0 Å². The number of hydrogen-bond acceptors (Lipinski definition) is 0. The zero-order chi connectivity index (χ0) is 15.0. The van der Waals surface area contributed by atoms with Crippen molar-refractivity contribution in [2.24, 2.45) is 16.7 Å². The van der Waals surface area contributed by atoms with Crippen molar-refractivity contribution in [3.63, 3.8) is 0 Å². The van der Waals surface area contributed by atoms with Crippen LogP contribution in [0.25, 0.3) is 0 Å². The molecule has 1 heteroatoms. The van der Waals surface area contributed by atoms with Crippen molar-refractivity contribution >= 4 is 15.9 Å². The Morgan fingerprint density at radius 3 is 2.00 bits per heavy atom. The smallest absolute Gasteiger partial charge is 0.0175 e. The van der Waals surface area contributed by atoms with Gasteiger partial charge >= 0.3 is 0 Å². The van der Waals surface area contributed by atoms with Crippen molar-refractivity contribution in [2.45, 2.75) is 66.2 Å². The van der Waals surface area contributed by atoms with E-state index >= 15 is 0 Å². The first-order valence-electron chi connectivity index (χ1n) is 7.94. The van der Waals surface area contributed by atoms with Gasteiger partial charge in [0.2, 0.25) is 0 Å². The highest BCUT2D eigenvalue weighted by molar-refractivity contribution is 9.10. The van der Waals surface area contributed by atoms with E-state index in [9.17, 15) is 0 Å². The zero-order valence-corrected chi connectivity index (χ0v) is 15.3. The van der Waals surface area contributed by atoms with Crippen molar-refractivity contribution in [1.82, 2.24) is 0 Å². The van der Waals surface area contributed by atoms with E-state index in [0.29, 0.717) is 16.7 Å². The molecular weight excluding hydrogens is 308 g/mol. The summed E-state index contributed by atoms with van der Waals surface area (Å²) in [6, 6.07) is 9.03. The summed E-state index contributed by atoms with van der Waals surface area (Å²) in [6.45, 7) is 12.1. The molecule has 112 valence electrons. The molecule has 0 N–H and O–H groups in total. The predicted octanol–water partition coefficient (Wildman–Crippen LogP) is 6.80. The SMILES string of the molecule is CC1(C)CCC(C(c2ccc(Br)cc2)C(C)(C)C)CC1. The Hall–Kier alpha value is -0.300. The van der Waals surface area contributed by atoms with Gasteiger partial charge in [0, 0.05) is 4.47 Å². The molecule has 0 bridgehead atoms. The topological polar surface area (TPSA) is 0 Å². The minimum Gasteiger partial charge on any atom is -0.0599 e. The van der Waals surface area contributed by atoms with Gasteiger partial charge in [-0.05, 0) is 66.0 Å². The van der Waals surface area contributed by atoms with E-state index in [4.69, 9.17) is 0 Å². The second-order valence-electron chi connectivity index (χ2n) is 8.40. The van der Waals surface area contributed by atoms with E-state index in [1.807, 2.05) is 0 Å². The maximum Gasteiger partial charge on any atom is 0.0175 e. The fraction of sp³-hybridized carbons (Fsp3) is 0.684. The molecule has 1 aliphatic rings. The van der Waals surface area contributed by atoms with Gasteiger partial charge < -0.3 is 0 Å². The summed E-state index contributed by atoms with van der Waals surface area (Å²) in [5.41, 5.74) is 2.41. The van der Waals surface area contributed by atoms with Crippen molar-refractivity contribution in [2.75, 3.05) is 0 Å². The van der Waals surface area contributed by atoms with Gasteiger partial charge in [0.05, 0.1) is 0 Å². The van der Waals surface area contributed by atoms with Gasteiger partial charge in [-0.3, -0.25) is 0 Å². The van der Waals surface area contributed by atoms with Crippen LogP contribution in [-0.2, 0) is 0 Å². The molecule has 1 fully saturated rings. The minimum atomic E-state index is 0.333. The number of rotatable bonds is 2. The molecule has 0 amide bonds. The Balaban J connectivity index is 2.23. The van der Waals surface area contributed by atoms with Crippen LogP contribution < -0.4 is 0 Å². The van der Waals surface area contributed by atoms with Crippen molar-refractivity contribution < 1.29 is 0 Å². The quantitative estimate of drug-likeness (QED) is 0.557. The molecule has 1 saturated carbocycles. The molecule has 1 unspecified atom stereocenters. The lowest BCUT2D eigenvalue weighted by molar-refractivity contribution is 0.128. The standard InChI is InChI=1S/C19H29Br/c1-18(2,3)17(14-6-8-16(20)9-7-14)15-10-12-19(4,5)13-11-15/h6-9,15,17H,10-13H2,1-5H3. The number of benzene rings is 1. The first kappa shape index (κ1) is 16.1. The summed E-state index contributed by atoms with van der Waals surface area (Å²) in [5.74, 6) is 1.51. The maximum atomic E-state index is 3.56. The van der Waals surface area contributed by atoms with Crippen LogP contribution in [-0.4, -0.2) is 0 Å². The van der Waals surface area contributed by atoms with Crippen LogP contribution in [0.2, 0.25) is 0 Å². The van der Waals surface area contributed by atoms with Crippen LogP contribution in [0.5, 0.6) is 0 Å². The van der Waals surface area contributed by atoms with Crippen LogP contribution >= 0.6 is 15.9 Å². The van der Waals surface area contributed by atoms with Gasteiger partial charge in [-0.25, -0.2) is 0 Å². The molecule has 1 aromatic carbocycles. The highest BCUT2D eigenvalue weighted by atomic mass is 79.9. The lowest BCUT2D eigenvalue weighted by Gasteiger charge is -2.43. The third kappa shape index (κ3) is 3.87. The van der Waals surface area contributed by atoms with Crippen LogP contribution in [0.15, 0.2) is 28.7 Å². The van der Waals surface area contributed by atoms with Crippen molar-refractivity contribution in [3.8, 4) is 0 Å². The summed E-state index contributed by atoms with van der Waals surface area (Å²) in [4.78, 5) is 0. The first-order chi connectivity index (χ1) is 9.19.